The van der Waals surface area contributed by atoms with E-state index < -0.39 is 0 Å². The third-order valence-electron chi connectivity index (χ3n) is 2.38. The Morgan fingerprint density at radius 3 is 2.24 bits per heavy atom. The second kappa shape index (κ2) is 5.35. The molecule has 0 unspecified atom stereocenters. The van der Waals surface area contributed by atoms with Crippen LogP contribution in [0.15, 0.2) is 47.5 Å². The minimum absolute atomic E-state index is 0.727. The molecule has 0 radical (unpaired) electrons. The monoisotopic (exact) mass is 263 g/mol. The number of benzene rings is 2. The first-order valence-electron chi connectivity index (χ1n) is 5.21. The molecule has 0 saturated heterocycles. The van der Waals surface area contributed by atoms with Crippen molar-refractivity contribution in [2.75, 3.05) is 0 Å². The lowest BCUT2D eigenvalue weighted by molar-refractivity contribution is 1.40. The van der Waals surface area contributed by atoms with Gasteiger partial charge < -0.3 is 0 Å². The molecule has 0 spiro atoms. The van der Waals surface area contributed by atoms with Gasteiger partial charge >= 0.3 is 0 Å². The van der Waals surface area contributed by atoms with E-state index in [4.69, 9.17) is 23.2 Å². The number of hydrogen-bond acceptors (Lipinski definition) is 1. The molecule has 0 heterocycles. The van der Waals surface area contributed by atoms with Gasteiger partial charge in [-0.3, -0.25) is 4.99 Å². The van der Waals surface area contributed by atoms with Crippen molar-refractivity contribution in [3.8, 4) is 0 Å². The van der Waals surface area contributed by atoms with E-state index in [2.05, 4.69) is 4.99 Å². The number of aliphatic imine (C=N–C) groups is 1. The first-order valence-corrected chi connectivity index (χ1v) is 5.96. The topological polar surface area (TPSA) is 12.4 Å². The maximum absolute atomic E-state index is 5.88. The van der Waals surface area contributed by atoms with E-state index in [1.165, 1.54) is 0 Å². The van der Waals surface area contributed by atoms with Gasteiger partial charge in [-0.25, -0.2) is 0 Å². The van der Waals surface area contributed by atoms with Crippen molar-refractivity contribution in [3.05, 3.63) is 63.6 Å². The molecule has 2 aromatic rings. The van der Waals surface area contributed by atoms with Gasteiger partial charge in [-0.1, -0.05) is 35.3 Å². The Labute approximate surface area is 111 Å². The van der Waals surface area contributed by atoms with Gasteiger partial charge in [0.1, 0.15) is 0 Å². The largest absolute Gasteiger partial charge is 0.256 e. The van der Waals surface area contributed by atoms with E-state index in [1.54, 1.807) is 0 Å². The van der Waals surface area contributed by atoms with Crippen LogP contribution in [0.5, 0.6) is 0 Å². The van der Waals surface area contributed by atoms with E-state index in [0.717, 1.165) is 26.9 Å². The van der Waals surface area contributed by atoms with Crippen LogP contribution in [0.4, 0.5) is 5.69 Å². The number of halogens is 2. The van der Waals surface area contributed by atoms with Gasteiger partial charge in [0, 0.05) is 16.3 Å². The second-order valence-corrected chi connectivity index (χ2v) is 4.61. The van der Waals surface area contributed by atoms with Crippen LogP contribution in [0, 0.1) is 6.92 Å². The first-order chi connectivity index (χ1) is 8.15. The zero-order chi connectivity index (χ0) is 12.3. The standard InChI is InChI=1S/C14H11Cl2N/c1-10-8-13(16)6-7-14(10)17-9-11-2-4-12(15)5-3-11/h2-9H,1H3. The molecule has 0 aliphatic carbocycles. The maximum Gasteiger partial charge on any atom is 0.0660 e. The molecule has 3 heteroatoms. The lowest BCUT2D eigenvalue weighted by atomic mass is 10.2. The highest BCUT2D eigenvalue weighted by Gasteiger charge is 1.96. The van der Waals surface area contributed by atoms with Crippen LogP contribution in [0.25, 0.3) is 0 Å². The molecule has 0 fully saturated rings. The molecule has 0 aliphatic heterocycles. The van der Waals surface area contributed by atoms with Crippen molar-refractivity contribution in [3.63, 3.8) is 0 Å². The van der Waals surface area contributed by atoms with Crippen molar-refractivity contribution in [2.45, 2.75) is 6.92 Å². The van der Waals surface area contributed by atoms with E-state index in [1.807, 2.05) is 55.6 Å². The molecular formula is C14H11Cl2N. The highest BCUT2D eigenvalue weighted by molar-refractivity contribution is 6.31. The summed E-state index contributed by atoms with van der Waals surface area (Å²) in [6, 6.07) is 13.2. The Kier molecular flexibility index (Phi) is 3.82. The molecule has 0 aliphatic rings. The van der Waals surface area contributed by atoms with Gasteiger partial charge in [-0.2, -0.15) is 0 Å². The summed E-state index contributed by atoms with van der Waals surface area (Å²) in [5.41, 5.74) is 3.00. The summed E-state index contributed by atoms with van der Waals surface area (Å²) in [5, 5.41) is 1.46. The fourth-order valence-corrected chi connectivity index (χ4v) is 1.81. The molecular weight excluding hydrogens is 253 g/mol. The van der Waals surface area contributed by atoms with E-state index >= 15 is 0 Å². The predicted molar refractivity (Wildman–Crippen MR) is 74.9 cm³/mol. The van der Waals surface area contributed by atoms with E-state index in [9.17, 15) is 0 Å². The Morgan fingerprint density at radius 2 is 1.59 bits per heavy atom. The van der Waals surface area contributed by atoms with Crippen LogP contribution in [0.2, 0.25) is 10.0 Å². The fourth-order valence-electron chi connectivity index (χ4n) is 1.46. The summed E-state index contributed by atoms with van der Waals surface area (Å²) in [6.07, 6.45) is 1.81. The third kappa shape index (κ3) is 3.32. The van der Waals surface area contributed by atoms with Gasteiger partial charge in [0.05, 0.1) is 5.69 Å². The quantitative estimate of drug-likeness (QED) is 0.673. The number of nitrogens with zero attached hydrogens (tertiary/aromatic N) is 1. The summed E-state index contributed by atoms with van der Waals surface area (Å²) in [7, 11) is 0. The minimum atomic E-state index is 0.727. The lowest BCUT2D eigenvalue weighted by Crippen LogP contribution is -1.80. The normalized spacial score (nSPS) is 11.0. The van der Waals surface area contributed by atoms with Gasteiger partial charge in [0.25, 0.3) is 0 Å². The molecule has 0 aromatic heterocycles. The molecule has 0 amide bonds. The van der Waals surface area contributed by atoms with Crippen LogP contribution >= 0.6 is 23.2 Å². The van der Waals surface area contributed by atoms with Crippen molar-refractivity contribution in [1.82, 2.24) is 0 Å². The maximum atomic E-state index is 5.88. The fraction of sp³-hybridized carbons (Fsp3) is 0.0714. The van der Waals surface area contributed by atoms with Gasteiger partial charge in [-0.05, 0) is 48.4 Å². The van der Waals surface area contributed by atoms with Gasteiger partial charge in [-0.15, -0.1) is 0 Å². The minimum Gasteiger partial charge on any atom is -0.256 e. The number of hydrogen-bond donors (Lipinski definition) is 0. The summed E-state index contributed by atoms with van der Waals surface area (Å²) in [5.74, 6) is 0. The Hall–Kier alpha value is -1.31. The van der Waals surface area contributed by atoms with Crippen LogP contribution in [-0.4, -0.2) is 6.21 Å². The van der Waals surface area contributed by atoms with Crippen molar-refractivity contribution >= 4 is 35.1 Å². The van der Waals surface area contributed by atoms with Crippen molar-refractivity contribution in [1.29, 1.82) is 0 Å². The molecule has 2 aromatic carbocycles. The van der Waals surface area contributed by atoms with Crippen molar-refractivity contribution < 1.29 is 0 Å². The molecule has 0 bridgehead atoms. The average Bonchev–Trinajstić information content (AvgIpc) is 2.30. The zero-order valence-electron chi connectivity index (χ0n) is 9.32. The first kappa shape index (κ1) is 12.2. The smallest absolute Gasteiger partial charge is 0.0660 e. The Morgan fingerprint density at radius 1 is 0.941 bits per heavy atom. The van der Waals surface area contributed by atoms with Crippen LogP contribution in [0.1, 0.15) is 11.1 Å². The SMILES string of the molecule is Cc1cc(Cl)ccc1N=Cc1ccc(Cl)cc1. The summed E-state index contributed by atoms with van der Waals surface area (Å²) in [6.45, 7) is 1.99. The van der Waals surface area contributed by atoms with Crippen LogP contribution in [-0.2, 0) is 0 Å². The highest BCUT2D eigenvalue weighted by atomic mass is 35.5. The van der Waals surface area contributed by atoms with Crippen molar-refractivity contribution in [2.24, 2.45) is 4.99 Å². The van der Waals surface area contributed by atoms with Gasteiger partial charge in [0.15, 0.2) is 0 Å². The van der Waals surface area contributed by atoms with E-state index in [0.29, 0.717) is 0 Å². The summed E-state index contributed by atoms with van der Waals surface area (Å²) >= 11 is 11.7. The molecule has 86 valence electrons. The summed E-state index contributed by atoms with van der Waals surface area (Å²) in [4.78, 5) is 4.42. The lowest BCUT2D eigenvalue weighted by Gasteiger charge is -2.00. The molecule has 2 rings (SSSR count). The molecule has 0 atom stereocenters. The Bertz CT molecular complexity index is 545. The highest BCUT2D eigenvalue weighted by Crippen LogP contribution is 2.22. The van der Waals surface area contributed by atoms with E-state index in [-0.39, 0.29) is 0 Å². The Balaban J connectivity index is 2.23. The number of aryl methyl sites for hydroxylation is 1. The second-order valence-electron chi connectivity index (χ2n) is 3.74. The number of rotatable bonds is 2. The van der Waals surface area contributed by atoms with Gasteiger partial charge in [0.2, 0.25) is 0 Å². The predicted octanol–water partition coefficient (Wildman–Crippen LogP) is 5.05. The molecule has 0 N–H and O–H groups in total. The molecule has 17 heavy (non-hydrogen) atoms. The average molecular weight is 264 g/mol. The summed E-state index contributed by atoms with van der Waals surface area (Å²) < 4.78 is 0. The molecule has 0 saturated carbocycles. The van der Waals surface area contributed by atoms with Crippen LogP contribution < -0.4 is 0 Å². The molecule has 1 nitrogen and oxygen atoms in total. The third-order valence-corrected chi connectivity index (χ3v) is 2.87. The zero-order valence-corrected chi connectivity index (χ0v) is 10.8. The van der Waals surface area contributed by atoms with Crippen LogP contribution in [0.3, 0.4) is 0 Å².